The van der Waals surface area contributed by atoms with Crippen LogP contribution < -0.4 is 5.73 Å². The van der Waals surface area contributed by atoms with E-state index in [1.54, 1.807) is 16.2 Å². The molecule has 0 aliphatic carbocycles. The van der Waals surface area contributed by atoms with Crippen LogP contribution in [-0.2, 0) is 16.0 Å². The molecule has 1 aromatic rings. The number of nitrogens with two attached hydrogens (primary N) is 1. The lowest BCUT2D eigenvalue weighted by Crippen LogP contribution is -2.49. The molecule has 1 saturated heterocycles. The summed E-state index contributed by atoms with van der Waals surface area (Å²) in [7, 11) is 0. The first-order valence-corrected chi connectivity index (χ1v) is 6.35. The summed E-state index contributed by atoms with van der Waals surface area (Å²) in [5.41, 5.74) is 7.05. The molecule has 1 fully saturated rings. The number of hydrogen-bond donors (Lipinski definition) is 1. The van der Waals surface area contributed by atoms with E-state index in [-0.39, 0.29) is 5.91 Å². The van der Waals surface area contributed by atoms with Gasteiger partial charge in [-0.15, -0.1) is 0 Å². The van der Waals surface area contributed by atoms with E-state index in [4.69, 9.17) is 10.5 Å². The fourth-order valence-corrected chi connectivity index (χ4v) is 2.45. The Morgan fingerprint density at radius 1 is 1.56 bits per heavy atom. The molecular weight excluding hydrogens is 224 g/mol. The maximum atomic E-state index is 12.0. The third kappa shape index (κ3) is 2.81. The number of thiophene rings is 1. The second-order valence-electron chi connectivity index (χ2n) is 3.88. The molecule has 4 nitrogen and oxygen atoms in total. The second kappa shape index (κ2) is 5.43. The molecule has 1 aliphatic rings. The van der Waals surface area contributed by atoms with E-state index in [9.17, 15) is 4.79 Å². The number of amides is 1. The molecular formula is C11H16N2O2S. The maximum absolute atomic E-state index is 12.0. The normalized spacial score (nSPS) is 18.4. The highest BCUT2D eigenvalue weighted by Gasteiger charge is 2.22. The van der Waals surface area contributed by atoms with Crippen LogP contribution in [0.1, 0.15) is 5.56 Å². The molecule has 0 radical (unpaired) electrons. The van der Waals surface area contributed by atoms with Crippen LogP contribution in [0.2, 0.25) is 0 Å². The zero-order chi connectivity index (χ0) is 11.4. The largest absolute Gasteiger partial charge is 0.378 e. The Balaban J connectivity index is 1.88. The van der Waals surface area contributed by atoms with E-state index in [1.807, 2.05) is 16.8 Å². The summed E-state index contributed by atoms with van der Waals surface area (Å²) in [6.45, 7) is 2.57. The number of morpholine rings is 1. The molecule has 0 saturated carbocycles. The van der Waals surface area contributed by atoms with E-state index in [1.165, 1.54) is 0 Å². The van der Waals surface area contributed by atoms with Crippen LogP contribution in [-0.4, -0.2) is 43.2 Å². The van der Waals surface area contributed by atoms with Crippen molar-refractivity contribution in [3.05, 3.63) is 22.4 Å². The van der Waals surface area contributed by atoms with Gasteiger partial charge in [0.25, 0.3) is 0 Å². The number of carbonyl (C=O) groups excluding carboxylic acids is 1. The number of ether oxygens (including phenoxy) is 1. The Morgan fingerprint density at radius 3 is 2.94 bits per heavy atom. The van der Waals surface area contributed by atoms with Gasteiger partial charge in [-0.1, -0.05) is 0 Å². The highest BCUT2D eigenvalue weighted by molar-refractivity contribution is 7.07. The molecule has 16 heavy (non-hydrogen) atoms. The van der Waals surface area contributed by atoms with Crippen molar-refractivity contribution in [3.8, 4) is 0 Å². The summed E-state index contributed by atoms with van der Waals surface area (Å²) in [4.78, 5) is 13.8. The van der Waals surface area contributed by atoms with E-state index in [2.05, 4.69) is 0 Å². The fraction of sp³-hybridized carbons (Fsp3) is 0.545. The molecule has 0 aromatic carbocycles. The van der Waals surface area contributed by atoms with Crippen LogP contribution in [0, 0.1) is 0 Å². The lowest BCUT2D eigenvalue weighted by atomic mass is 10.1. The van der Waals surface area contributed by atoms with E-state index < -0.39 is 6.04 Å². The lowest BCUT2D eigenvalue weighted by Gasteiger charge is -2.29. The van der Waals surface area contributed by atoms with Crippen molar-refractivity contribution in [2.24, 2.45) is 5.73 Å². The van der Waals surface area contributed by atoms with Crippen molar-refractivity contribution in [3.63, 3.8) is 0 Å². The first-order valence-electron chi connectivity index (χ1n) is 5.40. The van der Waals surface area contributed by atoms with Crippen LogP contribution in [0.4, 0.5) is 0 Å². The van der Waals surface area contributed by atoms with E-state index in [0.29, 0.717) is 32.7 Å². The molecule has 1 atom stereocenters. The fourth-order valence-electron chi connectivity index (χ4n) is 1.77. The zero-order valence-electron chi connectivity index (χ0n) is 9.09. The molecule has 1 aliphatic heterocycles. The van der Waals surface area contributed by atoms with Gasteiger partial charge in [-0.05, 0) is 28.8 Å². The van der Waals surface area contributed by atoms with Crippen molar-refractivity contribution in [1.29, 1.82) is 0 Å². The smallest absolute Gasteiger partial charge is 0.239 e. The Hall–Kier alpha value is -0.910. The van der Waals surface area contributed by atoms with Crippen molar-refractivity contribution in [2.75, 3.05) is 26.3 Å². The number of carbonyl (C=O) groups is 1. The lowest BCUT2D eigenvalue weighted by molar-refractivity contribution is -0.136. The number of hydrogen-bond acceptors (Lipinski definition) is 4. The molecule has 2 rings (SSSR count). The summed E-state index contributed by atoms with van der Waals surface area (Å²) in [5, 5.41) is 4.04. The van der Waals surface area contributed by atoms with Gasteiger partial charge in [0.15, 0.2) is 0 Å². The molecule has 1 aromatic heterocycles. The second-order valence-corrected chi connectivity index (χ2v) is 4.66. The molecule has 5 heteroatoms. The Labute approximate surface area is 99.0 Å². The van der Waals surface area contributed by atoms with Crippen LogP contribution in [0.15, 0.2) is 16.8 Å². The van der Waals surface area contributed by atoms with E-state index >= 15 is 0 Å². The highest BCUT2D eigenvalue weighted by atomic mass is 32.1. The van der Waals surface area contributed by atoms with Crippen LogP contribution >= 0.6 is 11.3 Å². The zero-order valence-corrected chi connectivity index (χ0v) is 9.91. The summed E-state index contributed by atoms with van der Waals surface area (Å²) in [5.74, 6) is 0.0366. The van der Waals surface area contributed by atoms with Gasteiger partial charge in [0.1, 0.15) is 0 Å². The third-order valence-electron chi connectivity index (χ3n) is 2.68. The standard InChI is InChI=1S/C11H16N2O2S/c12-10(7-9-1-6-16-8-9)11(14)13-2-4-15-5-3-13/h1,6,8,10H,2-5,7,12H2/t10-/m1/s1. The van der Waals surface area contributed by atoms with Crippen molar-refractivity contribution in [2.45, 2.75) is 12.5 Å². The first kappa shape index (κ1) is 11.6. The van der Waals surface area contributed by atoms with Crippen LogP contribution in [0.3, 0.4) is 0 Å². The van der Waals surface area contributed by atoms with Crippen molar-refractivity contribution < 1.29 is 9.53 Å². The van der Waals surface area contributed by atoms with E-state index in [0.717, 1.165) is 5.56 Å². The van der Waals surface area contributed by atoms with Crippen LogP contribution in [0.25, 0.3) is 0 Å². The summed E-state index contributed by atoms with van der Waals surface area (Å²) < 4.78 is 5.20. The van der Waals surface area contributed by atoms with Gasteiger partial charge in [-0.25, -0.2) is 0 Å². The first-order chi connectivity index (χ1) is 7.77. The molecule has 0 bridgehead atoms. The topological polar surface area (TPSA) is 55.6 Å². The van der Waals surface area contributed by atoms with Crippen molar-refractivity contribution in [1.82, 2.24) is 4.90 Å². The average Bonchev–Trinajstić information content (AvgIpc) is 2.82. The summed E-state index contributed by atoms with van der Waals surface area (Å²) in [6, 6.07) is 1.59. The monoisotopic (exact) mass is 240 g/mol. The number of rotatable bonds is 3. The van der Waals surface area contributed by atoms with Gasteiger partial charge < -0.3 is 15.4 Å². The van der Waals surface area contributed by atoms with Crippen LogP contribution in [0.5, 0.6) is 0 Å². The predicted octanol–water partition coefficient (Wildman–Crippen LogP) is 0.477. The van der Waals surface area contributed by atoms with Gasteiger partial charge in [0.2, 0.25) is 5.91 Å². The minimum Gasteiger partial charge on any atom is -0.378 e. The quantitative estimate of drug-likeness (QED) is 0.836. The third-order valence-corrected chi connectivity index (χ3v) is 3.41. The average molecular weight is 240 g/mol. The minimum atomic E-state index is -0.423. The Morgan fingerprint density at radius 2 is 2.31 bits per heavy atom. The summed E-state index contributed by atoms with van der Waals surface area (Å²) >= 11 is 1.63. The van der Waals surface area contributed by atoms with Gasteiger partial charge in [0, 0.05) is 13.1 Å². The SMILES string of the molecule is N[C@H](Cc1ccsc1)C(=O)N1CCOCC1. The van der Waals surface area contributed by atoms with Gasteiger partial charge in [-0.2, -0.15) is 11.3 Å². The molecule has 0 unspecified atom stereocenters. The minimum absolute atomic E-state index is 0.0366. The molecule has 0 spiro atoms. The Kier molecular flexibility index (Phi) is 3.93. The highest BCUT2D eigenvalue weighted by Crippen LogP contribution is 2.09. The van der Waals surface area contributed by atoms with Gasteiger partial charge in [-0.3, -0.25) is 4.79 Å². The Bertz CT molecular complexity index is 334. The molecule has 1 amide bonds. The van der Waals surface area contributed by atoms with Gasteiger partial charge in [0.05, 0.1) is 19.3 Å². The molecule has 88 valence electrons. The summed E-state index contributed by atoms with van der Waals surface area (Å²) in [6.07, 6.45) is 0.625. The van der Waals surface area contributed by atoms with Crippen molar-refractivity contribution >= 4 is 17.2 Å². The molecule has 2 N–H and O–H groups in total. The van der Waals surface area contributed by atoms with Gasteiger partial charge >= 0.3 is 0 Å². The number of nitrogens with zero attached hydrogens (tertiary/aromatic N) is 1. The molecule has 2 heterocycles. The predicted molar refractivity (Wildman–Crippen MR) is 63.4 cm³/mol. The maximum Gasteiger partial charge on any atom is 0.239 e.